The highest BCUT2D eigenvalue weighted by molar-refractivity contribution is 5.78. The summed E-state index contributed by atoms with van der Waals surface area (Å²) >= 11 is 0. The lowest BCUT2D eigenvalue weighted by Gasteiger charge is -2.19. The Kier molecular flexibility index (Phi) is 6.52. The van der Waals surface area contributed by atoms with E-state index in [2.05, 4.69) is 18.6 Å². The summed E-state index contributed by atoms with van der Waals surface area (Å²) < 4.78 is 9.66. The van der Waals surface area contributed by atoms with Crippen LogP contribution in [0.4, 0.5) is 0 Å². The molecule has 90 valence electrons. The van der Waals surface area contributed by atoms with Crippen molar-refractivity contribution in [1.29, 1.82) is 0 Å². The van der Waals surface area contributed by atoms with Crippen molar-refractivity contribution in [3.05, 3.63) is 0 Å². The van der Waals surface area contributed by atoms with Gasteiger partial charge >= 0.3 is 5.97 Å². The fourth-order valence-electron chi connectivity index (χ4n) is 1.14. The third-order valence-electron chi connectivity index (χ3n) is 2.08. The number of hydrogen-bond donors (Lipinski definition) is 1. The van der Waals surface area contributed by atoms with Crippen LogP contribution in [0.3, 0.4) is 0 Å². The van der Waals surface area contributed by atoms with E-state index in [1.54, 1.807) is 0 Å². The van der Waals surface area contributed by atoms with Crippen molar-refractivity contribution < 1.29 is 19.4 Å². The van der Waals surface area contributed by atoms with E-state index in [1.807, 2.05) is 0 Å². The van der Waals surface area contributed by atoms with Crippen LogP contribution in [0.25, 0.3) is 0 Å². The third-order valence-corrected chi connectivity index (χ3v) is 2.08. The van der Waals surface area contributed by atoms with E-state index in [0.717, 1.165) is 12.8 Å². The summed E-state index contributed by atoms with van der Waals surface area (Å²) in [6, 6.07) is 0. The number of ether oxygens (including phenoxy) is 2. The van der Waals surface area contributed by atoms with Crippen LogP contribution in [0.1, 0.15) is 33.6 Å². The van der Waals surface area contributed by atoms with Gasteiger partial charge in [0.15, 0.2) is 5.60 Å². The Morgan fingerprint density at radius 3 is 2.53 bits per heavy atom. The molecule has 0 aliphatic heterocycles. The van der Waals surface area contributed by atoms with Crippen molar-refractivity contribution in [2.24, 2.45) is 5.92 Å². The van der Waals surface area contributed by atoms with E-state index in [1.165, 1.54) is 14.0 Å². The van der Waals surface area contributed by atoms with Crippen LogP contribution in [-0.2, 0) is 14.3 Å². The first-order valence-corrected chi connectivity index (χ1v) is 5.28. The third kappa shape index (κ3) is 6.47. The van der Waals surface area contributed by atoms with Crippen LogP contribution >= 0.6 is 0 Å². The number of aliphatic hydroxyl groups is 1. The molecule has 0 radical (unpaired) electrons. The molecule has 1 unspecified atom stereocenters. The monoisotopic (exact) mass is 218 g/mol. The first kappa shape index (κ1) is 14.4. The first-order valence-electron chi connectivity index (χ1n) is 5.28. The van der Waals surface area contributed by atoms with Crippen molar-refractivity contribution >= 4 is 5.97 Å². The fraction of sp³-hybridized carbons (Fsp3) is 0.909. The molecule has 4 nitrogen and oxygen atoms in total. The van der Waals surface area contributed by atoms with Gasteiger partial charge in [-0.05, 0) is 25.7 Å². The van der Waals surface area contributed by atoms with Gasteiger partial charge in [-0.15, -0.1) is 0 Å². The van der Waals surface area contributed by atoms with Gasteiger partial charge in [-0.2, -0.15) is 0 Å². The van der Waals surface area contributed by atoms with Gasteiger partial charge in [-0.25, -0.2) is 4.79 Å². The zero-order valence-electron chi connectivity index (χ0n) is 10.1. The standard InChI is InChI=1S/C11H22O4/c1-9(2)6-5-7-15-8-11(3,13)10(12)14-4/h9,13H,5-8H2,1-4H3. The van der Waals surface area contributed by atoms with Gasteiger partial charge in [-0.3, -0.25) is 0 Å². The average Bonchev–Trinajstić information content (AvgIpc) is 2.15. The Balaban J connectivity index is 3.62. The van der Waals surface area contributed by atoms with Crippen LogP contribution in [0.15, 0.2) is 0 Å². The minimum absolute atomic E-state index is 0.0161. The molecule has 0 fully saturated rings. The normalized spacial score (nSPS) is 15.1. The lowest BCUT2D eigenvalue weighted by molar-refractivity contribution is -0.166. The van der Waals surface area contributed by atoms with Crippen LogP contribution in [0, 0.1) is 5.92 Å². The maximum atomic E-state index is 11.1. The van der Waals surface area contributed by atoms with Gasteiger partial charge in [-0.1, -0.05) is 13.8 Å². The van der Waals surface area contributed by atoms with Crippen molar-refractivity contribution in [3.8, 4) is 0 Å². The molecule has 0 aliphatic carbocycles. The van der Waals surface area contributed by atoms with Gasteiger partial charge in [0.2, 0.25) is 0 Å². The van der Waals surface area contributed by atoms with E-state index >= 15 is 0 Å². The molecule has 15 heavy (non-hydrogen) atoms. The summed E-state index contributed by atoms with van der Waals surface area (Å²) in [4.78, 5) is 11.1. The number of hydrogen-bond acceptors (Lipinski definition) is 4. The van der Waals surface area contributed by atoms with Gasteiger partial charge in [0.25, 0.3) is 0 Å². The molecule has 1 atom stereocenters. The molecule has 0 saturated heterocycles. The Labute approximate surface area is 91.6 Å². The van der Waals surface area contributed by atoms with Crippen molar-refractivity contribution in [1.82, 2.24) is 0 Å². The second kappa shape index (κ2) is 6.80. The molecule has 0 saturated carbocycles. The largest absolute Gasteiger partial charge is 0.467 e. The molecular formula is C11H22O4. The predicted octanol–water partition coefficient (Wildman–Crippen LogP) is 1.36. The molecule has 4 heteroatoms. The summed E-state index contributed by atoms with van der Waals surface area (Å²) in [5, 5.41) is 9.59. The molecule has 0 amide bonds. The van der Waals surface area contributed by atoms with Crippen LogP contribution in [0.2, 0.25) is 0 Å². The number of carbonyl (C=O) groups is 1. The maximum absolute atomic E-state index is 11.1. The molecule has 0 bridgehead atoms. The summed E-state index contributed by atoms with van der Waals surface area (Å²) in [5.74, 6) is -0.0129. The van der Waals surface area contributed by atoms with Gasteiger partial charge < -0.3 is 14.6 Å². The molecule has 0 aliphatic rings. The summed E-state index contributed by atoms with van der Waals surface area (Å²) in [7, 11) is 1.25. The van der Waals surface area contributed by atoms with Crippen molar-refractivity contribution in [3.63, 3.8) is 0 Å². The van der Waals surface area contributed by atoms with Crippen LogP contribution < -0.4 is 0 Å². The Bertz CT molecular complexity index is 187. The van der Waals surface area contributed by atoms with E-state index in [0.29, 0.717) is 12.5 Å². The number of esters is 1. The molecule has 1 N–H and O–H groups in total. The summed E-state index contributed by atoms with van der Waals surface area (Å²) in [6.45, 7) is 6.22. The summed E-state index contributed by atoms with van der Waals surface area (Å²) in [6.07, 6.45) is 2.02. The van der Waals surface area contributed by atoms with Gasteiger partial charge in [0.1, 0.15) is 0 Å². The highest BCUT2D eigenvalue weighted by atomic mass is 16.6. The quantitative estimate of drug-likeness (QED) is 0.518. The van der Waals surface area contributed by atoms with E-state index in [9.17, 15) is 9.90 Å². The minimum atomic E-state index is -1.54. The van der Waals surface area contributed by atoms with E-state index in [-0.39, 0.29) is 6.61 Å². The molecule has 0 aromatic carbocycles. The van der Waals surface area contributed by atoms with E-state index in [4.69, 9.17) is 4.74 Å². The van der Waals surface area contributed by atoms with Gasteiger partial charge in [0.05, 0.1) is 13.7 Å². The molecular weight excluding hydrogens is 196 g/mol. The smallest absolute Gasteiger partial charge is 0.339 e. The van der Waals surface area contributed by atoms with Crippen LogP contribution in [-0.4, -0.2) is 37.0 Å². The Hall–Kier alpha value is -0.610. The second-order valence-electron chi connectivity index (χ2n) is 4.35. The minimum Gasteiger partial charge on any atom is -0.467 e. The number of carbonyl (C=O) groups excluding carboxylic acids is 1. The zero-order chi connectivity index (χ0) is 11.9. The predicted molar refractivity (Wildman–Crippen MR) is 57.5 cm³/mol. The molecule has 0 heterocycles. The lowest BCUT2D eigenvalue weighted by Crippen LogP contribution is -2.41. The topological polar surface area (TPSA) is 55.8 Å². The van der Waals surface area contributed by atoms with Crippen molar-refractivity contribution in [2.45, 2.75) is 39.2 Å². The fourth-order valence-corrected chi connectivity index (χ4v) is 1.14. The number of methoxy groups -OCH3 is 1. The molecule has 0 spiro atoms. The van der Waals surface area contributed by atoms with E-state index < -0.39 is 11.6 Å². The highest BCUT2D eigenvalue weighted by Crippen LogP contribution is 2.08. The number of rotatable bonds is 7. The molecule has 0 aromatic heterocycles. The summed E-state index contributed by atoms with van der Waals surface area (Å²) in [5.41, 5.74) is -1.54. The lowest BCUT2D eigenvalue weighted by atomic mass is 10.1. The molecule has 0 rings (SSSR count). The zero-order valence-corrected chi connectivity index (χ0v) is 10.1. The van der Waals surface area contributed by atoms with Crippen LogP contribution in [0.5, 0.6) is 0 Å². The second-order valence-corrected chi connectivity index (χ2v) is 4.35. The first-order chi connectivity index (χ1) is 6.90. The SMILES string of the molecule is COC(=O)C(C)(O)COCCCC(C)C. The van der Waals surface area contributed by atoms with Gasteiger partial charge in [0, 0.05) is 6.61 Å². The Morgan fingerprint density at radius 1 is 1.47 bits per heavy atom. The highest BCUT2D eigenvalue weighted by Gasteiger charge is 2.31. The maximum Gasteiger partial charge on any atom is 0.339 e. The average molecular weight is 218 g/mol. The Morgan fingerprint density at radius 2 is 2.07 bits per heavy atom. The van der Waals surface area contributed by atoms with Crippen molar-refractivity contribution in [2.75, 3.05) is 20.3 Å². The molecule has 0 aromatic rings.